The minimum Gasteiger partial charge on any atom is -0.458 e. The van der Waals surface area contributed by atoms with Crippen LogP contribution in [0.3, 0.4) is 0 Å². The lowest BCUT2D eigenvalue weighted by molar-refractivity contribution is -0.296. The molecule has 2 unspecified atom stereocenters. The number of aromatic nitrogens is 5. The Bertz CT molecular complexity index is 2130. The number of fused-ring (bicyclic) bond motifs is 1. The monoisotopic (exact) mass is 935 g/mol. The van der Waals surface area contributed by atoms with Crippen LogP contribution in [0.25, 0.3) is 11.3 Å². The predicted octanol–water partition coefficient (Wildman–Crippen LogP) is 3.09. The van der Waals surface area contributed by atoms with Gasteiger partial charge in [0.05, 0.1) is 36.2 Å². The molecule has 3 aromatic rings. The zero-order valence-corrected chi connectivity index (χ0v) is 40.2. The number of nitrogen functional groups attached to an aromatic ring is 1. The van der Waals surface area contributed by atoms with Gasteiger partial charge in [0.2, 0.25) is 0 Å². The Kier molecular flexibility index (Phi) is 17.4. The highest BCUT2D eigenvalue weighted by molar-refractivity contribution is 6.00. The second-order valence-corrected chi connectivity index (χ2v) is 18.8. The van der Waals surface area contributed by atoms with Crippen LogP contribution in [0.4, 0.5) is 10.5 Å². The normalized spacial score (nSPS) is 32.2. The number of carbonyl (C=O) groups is 4. The lowest BCUT2D eigenvalue weighted by Gasteiger charge is -2.47. The van der Waals surface area contributed by atoms with Crippen molar-refractivity contribution in [2.45, 2.75) is 141 Å². The first-order valence-electron chi connectivity index (χ1n) is 23.4. The number of aliphatic hydroxyl groups excluding tert-OH is 1. The van der Waals surface area contributed by atoms with Gasteiger partial charge in [0.25, 0.3) is 5.91 Å². The van der Waals surface area contributed by atoms with Crippen LogP contribution >= 0.6 is 0 Å². The molecule has 20 heteroatoms. The van der Waals surface area contributed by atoms with Crippen LogP contribution in [-0.4, -0.2) is 165 Å². The van der Waals surface area contributed by atoms with Crippen LogP contribution in [0.2, 0.25) is 0 Å². The molecule has 5 N–H and O–H groups in total. The minimum atomic E-state index is -1.25. The number of hydrogen-bond donors (Lipinski definition) is 4. The van der Waals surface area contributed by atoms with Gasteiger partial charge < -0.3 is 50.1 Å². The maximum atomic E-state index is 14.5. The number of nitrogens with zero attached hydrogens (tertiary/aromatic N) is 7. The number of nitrogens with one attached hydrogen (secondary N) is 2. The Labute approximate surface area is 393 Å². The number of amides is 2. The number of methoxy groups -OCH3 is 1. The topological polar surface area (TPSA) is 248 Å². The van der Waals surface area contributed by atoms with Crippen molar-refractivity contribution < 1.29 is 48.0 Å². The molecule has 0 bridgehead atoms. The van der Waals surface area contributed by atoms with E-state index in [0.717, 1.165) is 5.56 Å². The number of ketones is 1. The van der Waals surface area contributed by atoms with Crippen LogP contribution in [0.15, 0.2) is 49.1 Å². The van der Waals surface area contributed by atoms with E-state index in [1.807, 2.05) is 70.2 Å². The van der Waals surface area contributed by atoms with E-state index in [0.29, 0.717) is 63.1 Å². The zero-order valence-electron chi connectivity index (χ0n) is 40.2. The number of benzene rings is 1. The van der Waals surface area contributed by atoms with Crippen LogP contribution in [-0.2, 0) is 39.8 Å². The molecule has 0 saturated carbocycles. The van der Waals surface area contributed by atoms with E-state index in [2.05, 4.69) is 37.8 Å². The molecule has 1 aromatic carbocycles. The number of anilines is 1. The van der Waals surface area contributed by atoms with Crippen LogP contribution in [0.1, 0.15) is 84.1 Å². The largest absolute Gasteiger partial charge is 0.458 e. The molecule has 3 saturated heterocycles. The molecular weight excluding hydrogens is 865 g/mol. The Morgan fingerprint density at radius 3 is 2.55 bits per heavy atom. The average molecular weight is 935 g/mol. The number of rotatable bonds is 14. The zero-order chi connectivity index (χ0) is 48.6. The maximum absolute atomic E-state index is 14.5. The summed E-state index contributed by atoms with van der Waals surface area (Å²) in [7, 11) is 5.22. The number of nitrogens with two attached hydrogens (primary N) is 1. The second kappa shape index (κ2) is 22.8. The first-order valence-corrected chi connectivity index (χ1v) is 23.4. The van der Waals surface area contributed by atoms with Gasteiger partial charge in [0, 0.05) is 68.4 Å². The number of Topliss-reactive ketones (excluding diaryl/α,β-unsaturated/α-hetero) is 1. The summed E-state index contributed by atoms with van der Waals surface area (Å²) < 4.78 is 33.4. The van der Waals surface area contributed by atoms with Gasteiger partial charge in [0.15, 0.2) is 18.2 Å². The quantitative estimate of drug-likeness (QED) is 0.0785. The summed E-state index contributed by atoms with van der Waals surface area (Å²) in [6, 6.07) is 6.19. The molecule has 6 rings (SSSR count). The Morgan fingerprint density at radius 2 is 1.87 bits per heavy atom. The van der Waals surface area contributed by atoms with Crippen molar-refractivity contribution in [1.29, 1.82) is 0 Å². The molecule has 2 aromatic heterocycles. The molecule has 20 nitrogen and oxygen atoms in total. The van der Waals surface area contributed by atoms with E-state index in [-0.39, 0.29) is 24.2 Å². The molecule has 67 heavy (non-hydrogen) atoms. The number of unbranched alkanes of at least 4 members (excludes halogenated alkanes) is 1. The van der Waals surface area contributed by atoms with Crippen molar-refractivity contribution in [2.75, 3.05) is 46.6 Å². The highest BCUT2D eigenvalue weighted by Crippen LogP contribution is 2.37. The van der Waals surface area contributed by atoms with Crippen molar-refractivity contribution in [1.82, 2.24) is 45.4 Å². The van der Waals surface area contributed by atoms with Crippen molar-refractivity contribution in [3.63, 3.8) is 0 Å². The van der Waals surface area contributed by atoms with E-state index in [9.17, 15) is 24.3 Å². The lowest BCUT2D eigenvalue weighted by atomic mass is 9.78. The third-order valence-electron chi connectivity index (χ3n) is 13.5. The Hall–Kier alpha value is -5.12. The first-order chi connectivity index (χ1) is 31.9. The fourth-order valence-electron chi connectivity index (χ4n) is 9.64. The number of esters is 1. The fourth-order valence-corrected chi connectivity index (χ4v) is 9.64. The van der Waals surface area contributed by atoms with Gasteiger partial charge in [-0.2, -0.15) is 0 Å². The number of carbonyl (C=O) groups excluding carboxylic acids is 4. The molecule has 3 aliphatic heterocycles. The van der Waals surface area contributed by atoms with Crippen molar-refractivity contribution in [3.8, 4) is 11.3 Å². The van der Waals surface area contributed by atoms with E-state index in [1.165, 1.54) is 25.5 Å². The number of aryl methyl sites for hydroxylation is 1. The average Bonchev–Trinajstić information content (AvgIpc) is 3.93. The molecular formula is C47H70N10O10. The van der Waals surface area contributed by atoms with E-state index >= 15 is 0 Å². The van der Waals surface area contributed by atoms with Crippen molar-refractivity contribution in [3.05, 3.63) is 54.7 Å². The molecule has 0 radical (unpaired) electrons. The summed E-state index contributed by atoms with van der Waals surface area (Å²) in [5.41, 5.74) is 7.18. The molecule has 13 atom stereocenters. The number of aliphatic hydroxyl groups is 1. The van der Waals surface area contributed by atoms with Crippen molar-refractivity contribution in [2.24, 2.45) is 17.8 Å². The summed E-state index contributed by atoms with van der Waals surface area (Å²) in [6.07, 6.45) is 2.36. The molecule has 2 amide bonds. The summed E-state index contributed by atoms with van der Waals surface area (Å²) in [4.78, 5) is 66.9. The summed E-state index contributed by atoms with van der Waals surface area (Å²) in [5.74, 6) is -3.94. The summed E-state index contributed by atoms with van der Waals surface area (Å²) >= 11 is 0. The third-order valence-corrected chi connectivity index (χ3v) is 13.5. The molecule has 3 fully saturated rings. The molecule has 5 heterocycles. The van der Waals surface area contributed by atoms with Gasteiger partial charge in [-0.1, -0.05) is 38.1 Å². The van der Waals surface area contributed by atoms with Crippen LogP contribution in [0, 0.1) is 17.8 Å². The highest BCUT2D eigenvalue weighted by atomic mass is 16.7. The SMILES string of the molecule is CC[C@H]1OC(=O)[C@H](C)C(=O)[C@H](C)[C@@H](O[C@@H]2O[C@H](CNC(=O)c3cnccn3)CC(N(C)C)C2O)[C@](C)(OC)C[C@@H](C)CN[C@H](C)[C@@H]2[C@@H]1OC(=O)N2CCCCn1cc(-c2cccc(N)c2)nn1. The van der Waals surface area contributed by atoms with Gasteiger partial charge in [-0.3, -0.25) is 28.9 Å². The number of hydrogen-bond acceptors (Lipinski definition) is 17. The third kappa shape index (κ3) is 12.3. The number of ether oxygens (including phenoxy) is 5. The maximum Gasteiger partial charge on any atom is 0.410 e. The van der Waals surface area contributed by atoms with Gasteiger partial charge in [0.1, 0.15) is 29.5 Å². The van der Waals surface area contributed by atoms with Crippen LogP contribution < -0.4 is 16.4 Å². The first kappa shape index (κ1) is 51.3. The number of cyclic esters (lactones) is 1. The van der Waals surface area contributed by atoms with Crippen molar-refractivity contribution >= 4 is 29.4 Å². The smallest absolute Gasteiger partial charge is 0.410 e. The standard InChI is InChI=1S/C47H70N10O10/c1-10-37-41-38(57(46(62)66-41)19-12-11-18-56-26-35(53-54-56)31-14-13-15-32(48)20-31)30(5)51-23-27(2)22-47(6,63-9)42(28(3)39(58)29(4)44(61)65-37)67-45-40(59)36(55(7)8)21-33(64-45)24-52-43(60)34-25-49-16-17-50-34/h13-17,20,25-30,33,36-38,40-42,45,51,59H,10-12,18-19,21-24,48H2,1-9H3,(H,52,60)/t27-,28+,29-,30-,33+,36?,37-,38-,40?,41-,42-,45+,47-/m1/s1. The Morgan fingerprint density at radius 1 is 1.10 bits per heavy atom. The predicted molar refractivity (Wildman–Crippen MR) is 246 cm³/mol. The summed E-state index contributed by atoms with van der Waals surface area (Å²) in [6.45, 7) is 12.5. The fraction of sp³-hybridized carbons (Fsp3) is 0.660. The Balaban J connectivity index is 1.19. The molecule has 3 aliphatic rings. The van der Waals surface area contributed by atoms with E-state index in [1.54, 1.807) is 23.6 Å². The lowest BCUT2D eigenvalue weighted by Crippen LogP contribution is -2.60. The molecule has 368 valence electrons. The van der Waals surface area contributed by atoms with E-state index < -0.39 is 90.1 Å². The molecule has 0 spiro atoms. The van der Waals surface area contributed by atoms with Crippen LogP contribution in [0.5, 0.6) is 0 Å². The molecule has 0 aliphatic carbocycles. The van der Waals surface area contributed by atoms with Gasteiger partial charge >= 0.3 is 12.1 Å². The summed E-state index contributed by atoms with van der Waals surface area (Å²) in [5, 5.41) is 26.9. The second-order valence-electron chi connectivity index (χ2n) is 18.8. The van der Waals surface area contributed by atoms with Gasteiger partial charge in [-0.15, -0.1) is 5.10 Å². The highest BCUT2D eigenvalue weighted by Gasteiger charge is 2.52. The van der Waals surface area contributed by atoms with E-state index in [4.69, 9.17) is 29.4 Å². The van der Waals surface area contributed by atoms with Gasteiger partial charge in [-0.25, -0.2) is 9.78 Å². The minimum absolute atomic E-state index is 0.0798. The van der Waals surface area contributed by atoms with Gasteiger partial charge in [-0.05, 0) is 91.6 Å². The number of likely N-dealkylation sites (N-methyl/N-ethyl adjacent to an activating group) is 1.